The van der Waals surface area contributed by atoms with Gasteiger partial charge in [-0.2, -0.15) is 59.7 Å². The fraction of sp³-hybridized carbons (Fsp3) is 0.0714. The average Bonchev–Trinajstić information content (AvgIpc) is 3.27. The molecule has 1 radical (unpaired) electrons. The molecule has 2 heteroatoms. The van der Waals surface area contributed by atoms with E-state index < -0.39 is 0 Å². The van der Waals surface area contributed by atoms with Crippen molar-refractivity contribution in [3.05, 3.63) is 134 Å². The molecular weight excluding hydrogens is 456 g/mol. The minimum Gasteiger partial charge on any atom is -0.358 e. The van der Waals surface area contributed by atoms with Crippen molar-refractivity contribution in [1.29, 1.82) is 0 Å². The molecule has 0 bridgehead atoms. The van der Waals surface area contributed by atoms with Gasteiger partial charge in [0, 0.05) is 0 Å². The maximum absolute atomic E-state index is 3.30. The average molecular weight is 483 g/mol. The number of hydrogen-bond donors (Lipinski definition) is 0. The number of fused-ring (bicyclic) bond motifs is 6. The number of rotatable bonds is 0. The van der Waals surface area contributed by atoms with Gasteiger partial charge in [0.05, 0.1) is 0 Å². The van der Waals surface area contributed by atoms with Crippen LogP contribution in [0.5, 0.6) is 0 Å². The van der Waals surface area contributed by atoms with Crippen LogP contribution in [0.25, 0.3) is 22.3 Å². The van der Waals surface area contributed by atoms with Gasteiger partial charge in [-0.25, -0.2) is 0 Å². The van der Waals surface area contributed by atoms with Gasteiger partial charge >= 0.3 is 26.2 Å². The van der Waals surface area contributed by atoms with Crippen LogP contribution >= 0.6 is 0 Å². The molecule has 0 aromatic heterocycles. The fourth-order valence-corrected chi connectivity index (χ4v) is 4.00. The van der Waals surface area contributed by atoms with Gasteiger partial charge in [0.1, 0.15) is 0 Å². The molecule has 0 saturated carbocycles. The van der Waals surface area contributed by atoms with Crippen molar-refractivity contribution in [2.75, 3.05) is 0 Å². The zero-order valence-corrected chi connectivity index (χ0v) is 22.5. The van der Waals surface area contributed by atoms with Crippen LogP contribution in [-0.4, -0.2) is 11.0 Å². The Morgan fingerprint density at radius 1 is 0.500 bits per heavy atom. The van der Waals surface area contributed by atoms with E-state index >= 15 is 0 Å². The van der Waals surface area contributed by atoms with E-state index in [2.05, 4.69) is 84.9 Å². The summed E-state index contributed by atoms with van der Waals surface area (Å²) in [6, 6.07) is 36.2. The number of hydrogen-bond acceptors (Lipinski definition) is 0. The van der Waals surface area contributed by atoms with Crippen molar-refractivity contribution < 1.29 is 26.2 Å². The van der Waals surface area contributed by atoms with Crippen LogP contribution in [0, 0.1) is 27.0 Å². The molecule has 30 heavy (non-hydrogen) atoms. The Hall–Kier alpha value is -2.02. The van der Waals surface area contributed by atoms with Crippen LogP contribution in [0.4, 0.5) is 0 Å². The second kappa shape index (κ2) is 11.4. The molecule has 0 unspecified atom stereocenters. The monoisotopic (exact) mass is 481 g/mol. The minimum atomic E-state index is 0. The van der Waals surface area contributed by atoms with E-state index in [4.69, 9.17) is 0 Å². The second-order valence-corrected chi connectivity index (χ2v) is 6.79. The molecule has 0 aliphatic heterocycles. The maximum atomic E-state index is 3.30. The van der Waals surface area contributed by atoms with E-state index in [9.17, 15) is 0 Å². The summed E-state index contributed by atoms with van der Waals surface area (Å²) in [6.45, 7) is 0. The van der Waals surface area contributed by atoms with Crippen molar-refractivity contribution in [2.24, 2.45) is 0 Å². The summed E-state index contributed by atoms with van der Waals surface area (Å²) in [6.07, 6.45) is 2.10. The fourth-order valence-electron chi connectivity index (χ4n) is 4.00. The van der Waals surface area contributed by atoms with Crippen molar-refractivity contribution in [3.8, 4) is 22.3 Å². The van der Waals surface area contributed by atoms with Crippen molar-refractivity contribution in [1.82, 2.24) is 0 Å². The summed E-state index contributed by atoms with van der Waals surface area (Å²) in [4.78, 5) is 0. The summed E-state index contributed by atoms with van der Waals surface area (Å²) >= 11 is 0. The molecule has 2 aliphatic carbocycles. The predicted octanol–water partition coefficient (Wildman–Crippen LogP) is 5.83. The predicted molar refractivity (Wildman–Crippen MR) is 130 cm³/mol. The molecule has 0 amide bonds. The van der Waals surface area contributed by atoms with E-state index in [1.165, 1.54) is 44.5 Å². The zero-order valence-electron chi connectivity index (χ0n) is 18.0. The SMILES string of the molecule is [CH3-].[CH3-].[SiH3].[Zr+4].[c-]1cccc2c1Cc1ccccc1-2.[c-]1cccc2c1Cc1ccccc1-2. The normalized spacial score (nSPS) is 10.7. The van der Waals surface area contributed by atoms with Crippen LogP contribution < -0.4 is 0 Å². The molecule has 0 atom stereocenters. The Balaban J connectivity index is 0.000000265. The van der Waals surface area contributed by atoms with Gasteiger partial charge in [-0.15, -0.1) is 11.1 Å². The van der Waals surface area contributed by atoms with Gasteiger partial charge in [-0.1, -0.05) is 70.8 Å². The van der Waals surface area contributed by atoms with Gasteiger partial charge < -0.3 is 14.9 Å². The first-order valence-corrected chi connectivity index (χ1v) is 9.06. The van der Waals surface area contributed by atoms with Crippen LogP contribution in [-0.2, 0) is 39.0 Å². The molecule has 2 aliphatic rings. The third-order valence-electron chi connectivity index (χ3n) is 5.23. The topological polar surface area (TPSA) is 0 Å². The molecule has 0 fully saturated rings. The molecule has 4 aromatic carbocycles. The van der Waals surface area contributed by atoms with Crippen LogP contribution in [0.15, 0.2) is 84.9 Å². The first-order valence-electron chi connectivity index (χ1n) is 9.06. The summed E-state index contributed by atoms with van der Waals surface area (Å²) in [7, 11) is 0. The second-order valence-electron chi connectivity index (χ2n) is 6.79. The third-order valence-corrected chi connectivity index (χ3v) is 5.23. The molecule has 0 heterocycles. The van der Waals surface area contributed by atoms with Crippen molar-refractivity contribution in [2.45, 2.75) is 12.8 Å². The molecule has 0 N–H and O–H groups in total. The van der Waals surface area contributed by atoms with Gasteiger partial charge in [-0.3, -0.25) is 0 Å². The van der Waals surface area contributed by atoms with E-state index in [-0.39, 0.29) is 52.0 Å². The molecular formula is C28H27SiZr. The molecule has 0 nitrogen and oxygen atoms in total. The summed E-state index contributed by atoms with van der Waals surface area (Å²) in [5.74, 6) is 0. The molecule has 4 aromatic rings. The van der Waals surface area contributed by atoms with E-state index in [0.717, 1.165) is 12.8 Å². The molecule has 0 saturated heterocycles. The van der Waals surface area contributed by atoms with Crippen LogP contribution in [0.3, 0.4) is 0 Å². The zero-order chi connectivity index (χ0) is 17.3. The quantitative estimate of drug-likeness (QED) is 0.189. The maximum Gasteiger partial charge on any atom is 4.00 e. The van der Waals surface area contributed by atoms with Gasteiger partial charge in [0.2, 0.25) is 0 Å². The van der Waals surface area contributed by atoms with Crippen LogP contribution in [0.1, 0.15) is 22.3 Å². The molecule has 147 valence electrons. The summed E-state index contributed by atoms with van der Waals surface area (Å²) < 4.78 is 0. The Labute approximate surface area is 205 Å². The first-order chi connectivity index (χ1) is 12.9. The summed E-state index contributed by atoms with van der Waals surface area (Å²) in [5, 5.41) is 0. The Morgan fingerprint density at radius 2 is 0.867 bits per heavy atom. The van der Waals surface area contributed by atoms with E-state index in [1.807, 2.05) is 12.1 Å². The van der Waals surface area contributed by atoms with Gasteiger partial charge in [0.25, 0.3) is 0 Å². The van der Waals surface area contributed by atoms with Gasteiger partial charge in [0.15, 0.2) is 0 Å². The third kappa shape index (κ3) is 4.82. The van der Waals surface area contributed by atoms with Gasteiger partial charge in [-0.05, 0) is 23.8 Å². The first kappa shape index (κ1) is 26.0. The van der Waals surface area contributed by atoms with Crippen molar-refractivity contribution >= 4 is 11.0 Å². The summed E-state index contributed by atoms with van der Waals surface area (Å²) in [5.41, 5.74) is 11.0. The molecule has 6 rings (SSSR count). The largest absolute Gasteiger partial charge is 4.00 e. The Kier molecular flexibility index (Phi) is 9.88. The van der Waals surface area contributed by atoms with E-state index in [0.29, 0.717) is 0 Å². The van der Waals surface area contributed by atoms with E-state index in [1.54, 1.807) is 0 Å². The number of benzene rings is 4. The minimum absolute atomic E-state index is 0. The Morgan fingerprint density at radius 3 is 1.30 bits per heavy atom. The standard InChI is InChI=1S/2C13H9.2CH3.H3Si.Zr/c2*1-3-7-12-10(5-1)9-11-6-2-4-8-13(11)12;;;;/h2*1-5,7-8H,9H2;3*1H3;/q4*-1;;+4. The van der Waals surface area contributed by atoms with Crippen LogP contribution in [0.2, 0.25) is 0 Å². The molecule has 0 spiro atoms. The smallest absolute Gasteiger partial charge is 0.358 e. The Bertz CT molecular complexity index is 925. The van der Waals surface area contributed by atoms with Crippen molar-refractivity contribution in [3.63, 3.8) is 0 Å².